The number of rotatable bonds is 3. The van der Waals surface area contributed by atoms with Crippen molar-refractivity contribution in [1.82, 2.24) is 15.5 Å². The molecule has 5 nitrogen and oxygen atoms in total. The number of methoxy groups -OCH3 is 1. The van der Waals surface area contributed by atoms with Crippen LogP contribution >= 0.6 is 0 Å². The molecule has 112 valence electrons. The maximum Gasteiger partial charge on any atom is 0.419 e. The Morgan fingerprint density at radius 2 is 2.10 bits per heavy atom. The van der Waals surface area contributed by atoms with Crippen LogP contribution in [0.3, 0.4) is 0 Å². The van der Waals surface area contributed by atoms with E-state index in [1.165, 1.54) is 19.2 Å². The highest BCUT2D eigenvalue weighted by atomic mass is 19.4. The molecule has 2 aromatic rings. The molecule has 1 fully saturated rings. The van der Waals surface area contributed by atoms with E-state index < -0.39 is 11.7 Å². The second kappa shape index (κ2) is 5.03. The summed E-state index contributed by atoms with van der Waals surface area (Å²) in [4.78, 5) is 4.16. The van der Waals surface area contributed by atoms with E-state index in [1.54, 1.807) is 0 Å². The lowest BCUT2D eigenvalue weighted by molar-refractivity contribution is -0.138. The minimum atomic E-state index is -4.51. The van der Waals surface area contributed by atoms with Crippen molar-refractivity contribution in [3.8, 4) is 17.1 Å². The molecule has 1 aliphatic heterocycles. The number of hydrogen-bond donors (Lipinski definition) is 1. The second-order valence-corrected chi connectivity index (χ2v) is 4.72. The molecule has 2 heterocycles. The minimum Gasteiger partial charge on any atom is -0.496 e. The molecular formula is C13H12F3N3O2. The average molecular weight is 299 g/mol. The topological polar surface area (TPSA) is 60.2 Å². The Morgan fingerprint density at radius 1 is 1.33 bits per heavy atom. The van der Waals surface area contributed by atoms with Gasteiger partial charge in [0.1, 0.15) is 5.75 Å². The van der Waals surface area contributed by atoms with Crippen LogP contribution in [0, 0.1) is 0 Å². The Kier molecular flexibility index (Phi) is 3.32. The normalized spacial score (nSPS) is 15.8. The summed E-state index contributed by atoms with van der Waals surface area (Å²) >= 11 is 0. The quantitative estimate of drug-likeness (QED) is 0.943. The van der Waals surface area contributed by atoms with Crippen LogP contribution in [0.4, 0.5) is 13.2 Å². The summed E-state index contributed by atoms with van der Waals surface area (Å²) in [6.45, 7) is 1.47. The Hall–Kier alpha value is -2.09. The van der Waals surface area contributed by atoms with Gasteiger partial charge in [-0.1, -0.05) is 5.16 Å². The van der Waals surface area contributed by atoms with Gasteiger partial charge in [0.05, 0.1) is 18.6 Å². The largest absolute Gasteiger partial charge is 0.496 e. The van der Waals surface area contributed by atoms with E-state index in [9.17, 15) is 13.2 Å². The number of nitrogens with zero attached hydrogens (tertiary/aromatic N) is 2. The summed E-state index contributed by atoms with van der Waals surface area (Å²) in [6, 6.07) is 3.69. The molecule has 0 spiro atoms. The maximum atomic E-state index is 13.0. The lowest BCUT2D eigenvalue weighted by Crippen LogP contribution is -2.40. The van der Waals surface area contributed by atoms with Gasteiger partial charge in [-0.15, -0.1) is 0 Å². The fraction of sp³-hybridized carbons (Fsp3) is 0.385. The molecule has 0 bridgehead atoms. The van der Waals surface area contributed by atoms with E-state index in [1.807, 2.05) is 0 Å². The Bertz CT molecular complexity index is 650. The Morgan fingerprint density at radius 3 is 2.67 bits per heavy atom. The van der Waals surface area contributed by atoms with Crippen molar-refractivity contribution in [2.45, 2.75) is 12.1 Å². The zero-order valence-electron chi connectivity index (χ0n) is 11.1. The molecule has 1 aromatic heterocycles. The molecule has 0 radical (unpaired) electrons. The lowest BCUT2D eigenvalue weighted by atomic mass is 10.0. The smallest absolute Gasteiger partial charge is 0.419 e. The highest BCUT2D eigenvalue weighted by Crippen LogP contribution is 2.38. The van der Waals surface area contributed by atoms with Crippen LogP contribution in [0.2, 0.25) is 0 Å². The maximum absolute atomic E-state index is 13.0. The Labute approximate surface area is 118 Å². The first kappa shape index (κ1) is 13.9. The number of aromatic nitrogens is 2. The number of halogens is 3. The molecule has 0 saturated carbocycles. The summed E-state index contributed by atoms with van der Waals surface area (Å²) in [5, 5.41) is 6.81. The molecule has 1 saturated heterocycles. The zero-order chi connectivity index (χ0) is 15.0. The Balaban J connectivity index is 1.96. The minimum absolute atomic E-state index is 0.131. The van der Waals surface area contributed by atoms with Gasteiger partial charge >= 0.3 is 6.18 Å². The monoisotopic (exact) mass is 299 g/mol. The highest BCUT2D eigenvalue weighted by molar-refractivity contribution is 5.59. The van der Waals surface area contributed by atoms with Crippen LogP contribution < -0.4 is 10.1 Å². The van der Waals surface area contributed by atoms with Crippen molar-refractivity contribution >= 4 is 0 Å². The van der Waals surface area contributed by atoms with Crippen LogP contribution in [0.1, 0.15) is 17.4 Å². The number of alkyl halides is 3. The average Bonchev–Trinajstić information content (AvgIpc) is 2.84. The molecule has 0 aliphatic carbocycles. The van der Waals surface area contributed by atoms with Gasteiger partial charge in [0, 0.05) is 18.7 Å². The van der Waals surface area contributed by atoms with E-state index in [2.05, 4.69) is 15.5 Å². The summed E-state index contributed by atoms with van der Waals surface area (Å²) in [5.41, 5.74) is -0.621. The van der Waals surface area contributed by atoms with Crippen molar-refractivity contribution in [1.29, 1.82) is 0 Å². The van der Waals surface area contributed by atoms with Crippen LogP contribution in [0.5, 0.6) is 5.75 Å². The fourth-order valence-electron chi connectivity index (χ4n) is 2.05. The molecular weight excluding hydrogens is 287 g/mol. The fourth-order valence-corrected chi connectivity index (χ4v) is 2.05. The first-order valence-corrected chi connectivity index (χ1v) is 6.29. The molecule has 1 N–H and O–H groups in total. The van der Waals surface area contributed by atoms with Gasteiger partial charge in [-0.3, -0.25) is 0 Å². The predicted octanol–water partition coefficient (Wildman–Crippen LogP) is 2.45. The first-order valence-electron chi connectivity index (χ1n) is 6.29. The van der Waals surface area contributed by atoms with Gasteiger partial charge in [-0.25, -0.2) is 0 Å². The van der Waals surface area contributed by atoms with E-state index in [4.69, 9.17) is 9.26 Å². The molecule has 0 atom stereocenters. The molecule has 1 aliphatic rings. The molecule has 0 unspecified atom stereocenters. The van der Waals surface area contributed by atoms with Crippen molar-refractivity contribution in [2.24, 2.45) is 0 Å². The number of hydrogen-bond acceptors (Lipinski definition) is 5. The SMILES string of the molecule is COc1ccc(-c2noc(C3CNC3)n2)cc1C(F)(F)F. The van der Waals surface area contributed by atoms with Gasteiger partial charge in [0.15, 0.2) is 0 Å². The number of nitrogens with one attached hydrogen (secondary N) is 1. The van der Waals surface area contributed by atoms with Crippen molar-refractivity contribution < 1.29 is 22.4 Å². The van der Waals surface area contributed by atoms with Gasteiger partial charge in [-0.05, 0) is 18.2 Å². The molecule has 0 amide bonds. The molecule has 8 heteroatoms. The summed E-state index contributed by atoms with van der Waals surface area (Å²) in [6.07, 6.45) is -4.51. The lowest BCUT2D eigenvalue weighted by Gasteiger charge is -2.22. The van der Waals surface area contributed by atoms with Gasteiger partial charge in [0.2, 0.25) is 11.7 Å². The first-order chi connectivity index (χ1) is 9.99. The van der Waals surface area contributed by atoms with Gasteiger partial charge in [-0.2, -0.15) is 18.2 Å². The highest BCUT2D eigenvalue weighted by Gasteiger charge is 2.35. The standard InChI is InChI=1S/C13H12F3N3O2/c1-20-10-3-2-7(4-9(10)13(14,15)16)11-18-12(21-19-11)8-5-17-6-8/h2-4,8,17H,5-6H2,1H3. The van der Waals surface area contributed by atoms with Crippen LogP contribution in [-0.2, 0) is 6.18 Å². The molecule has 21 heavy (non-hydrogen) atoms. The van der Waals surface area contributed by atoms with Crippen molar-refractivity contribution in [3.05, 3.63) is 29.7 Å². The number of benzene rings is 1. The summed E-state index contributed by atoms with van der Waals surface area (Å²) < 4.78 is 48.8. The number of ether oxygens (including phenoxy) is 1. The second-order valence-electron chi connectivity index (χ2n) is 4.72. The van der Waals surface area contributed by atoms with Gasteiger partial charge < -0.3 is 14.6 Å². The van der Waals surface area contributed by atoms with Crippen molar-refractivity contribution in [2.75, 3.05) is 20.2 Å². The summed E-state index contributed by atoms with van der Waals surface area (Å²) in [7, 11) is 1.19. The van der Waals surface area contributed by atoms with E-state index in [0.717, 1.165) is 19.2 Å². The third-order valence-electron chi connectivity index (χ3n) is 3.34. The van der Waals surface area contributed by atoms with E-state index in [-0.39, 0.29) is 23.1 Å². The zero-order valence-corrected chi connectivity index (χ0v) is 11.1. The van der Waals surface area contributed by atoms with Gasteiger partial charge in [0.25, 0.3) is 0 Å². The van der Waals surface area contributed by atoms with Crippen LogP contribution in [0.25, 0.3) is 11.4 Å². The molecule has 1 aromatic carbocycles. The van der Waals surface area contributed by atoms with E-state index >= 15 is 0 Å². The molecule has 3 rings (SSSR count). The third kappa shape index (κ3) is 2.58. The van der Waals surface area contributed by atoms with E-state index in [0.29, 0.717) is 5.89 Å². The predicted molar refractivity (Wildman–Crippen MR) is 66.9 cm³/mol. The van der Waals surface area contributed by atoms with Crippen molar-refractivity contribution in [3.63, 3.8) is 0 Å². The van der Waals surface area contributed by atoms with Crippen LogP contribution in [-0.4, -0.2) is 30.3 Å². The summed E-state index contributed by atoms with van der Waals surface area (Å²) in [5.74, 6) is 0.475. The third-order valence-corrected chi connectivity index (χ3v) is 3.34. The van der Waals surface area contributed by atoms with Crippen LogP contribution in [0.15, 0.2) is 22.7 Å².